The lowest BCUT2D eigenvalue weighted by Crippen LogP contribution is -2.31. The lowest BCUT2D eigenvalue weighted by molar-refractivity contribution is 0.242. The standard InChI is InChI=1S/C25H21Cl2N5/c26-20-9-18(10-21(27)11-20)23-6-1-16(12-29-23)14-32-8-7-24-19(15-32)13-30-25(31-24)17-2-4-22(28)5-3-17/h1-6,9-13H,7-8,14-15,28H2. The highest BCUT2D eigenvalue weighted by Gasteiger charge is 2.19. The Hall–Kier alpha value is -2.99. The normalized spacial score (nSPS) is 13.7. The van der Waals surface area contributed by atoms with Crippen LogP contribution in [-0.2, 0) is 19.5 Å². The van der Waals surface area contributed by atoms with Gasteiger partial charge in [0.1, 0.15) is 0 Å². The van der Waals surface area contributed by atoms with Crippen LogP contribution in [0.25, 0.3) is 22.6 Å². The molecule has 4 aromatic rings. The number of nitrogens with zero attached hydrogens (tertiary/aromatic N) is 4. The Labute approximate surface area is 196 Å². The molecule has 5 nitrogen and oxygen atoms in total. The third-order valence-electron chi connectivity index (χ3n) is 5.57. The van der Waals surface area contributed by atoms with Gasteiger partial charge in [-0.1, -0.05) is 29.3 Å². The molecule has 160 valence electrons. The van der Waals surface area contributed by atoms with Gasteiger partial charge in [-0.25, -0.2) is 9.97 Å². The lowest BCUT2D eigenvalue weighted by atomic mass is 10.1. The molecule has 0 bridgehead atoms. The number of hydrogen-bond donors (Lipinski definition) is 1. The van der Waals surface area contributed by atoms with Gasteiger partial charge >= 0.3 is 0 Å². The van der Waals surface area contributed by atoms with Crippen LogP contribution in [-0.4, -0.2) is 26.4 Å². The summed E-state index contributed by atoms with van der Waals surface area (Å²) < 4.78 is 0. The van der Waals surface area contributed by atoms with Crippen molar-refractivity contribution in [3.8, 4) is 22.6 Å². The Morgan fingerprint density at radius 3 is 2.38 bits per heavy atom. The van der Waals surface area contributed by atoms with Crippen molar-refractivity contribution >= 4 is 28.9 Å². The maximum atomic E-state index is 6.12. The lowest BCUT2D eigenvalue weighted by Gasteiger charge is -2.28. The molecular formula is C25H21Cl2N5. The van der Waals surface area contributed by atoms with Gasteiger partial charge < -0.3 is 5.73 Å². The van der Waals surface area contributed by atoms with Crippen LogP contribution in [0.1, 0.15) is 16.8 Å². The van der Waals surface area contributed by atoms with Crippen molar-refractivity contribution in [3.05, 3.63) is 93.9 Å². The molecule has 0 saturated carbocycles. The largest absolute Gasteiger partial charge is 0.399 e. The summed E-state index contributed by atoms with van der Waals surface area (Å²) in [5.74, 6) is 0.748. The third kappa shape index (κ3) is 4.60. The van der Waals surface area contributed by atoms with Crippen molar-refractivity contribution < 1.29 is 0 Å². The molecule has 3 heterocycles. The van der Waals surface area contributed by atoms with Gasteiger partial charge in [0.05, 0.1) is 11.4 Å². The van der Waals surface area contributed by atoms with E-state index in [0.717, 1.165) is 65.6 Å². The van der Waals surface area contributed by atoms with Crippen LogP contribution in [0.3, 0.4) is 0 Å². The van der Waals surface area contributed by atoms with Crippen molar-refractivity contribution in [1.29, 1.82) is 0 Å². The summed E-state index contributed by atoms with van der Waals surface area (Å²) in [5, 5.41) is 1.21. The van der Waals surface area contributed by atoms with Gasteiger partial charge in [-0.3, -0.25) is 9.88 Å². The maximum Gasteiger partial charge on any atom is 0.159 e. The number of pyridine rings is 1. The van der Waals surface area contributed by atoms with E-state index in [4.69, 9.17) is 33.9 Å². The molecule has 32 heavy (non-hydrogen) atoms. The molecule has 1 aliphatic rings. The molecule has 0 spiro atoms. The molecule has 0 unspecified atom stereocenters. The fraction of sp³-hybridized carbons (Fsp3) is 0.160. The van der Waals surface area contributed by atoms with E-state index in [1.165, 1.54) is 5.56 Å². The molecule has 0 radical (unpaired) electrons. The highest BCUT2D eigenvalue weighted by molar-refractivity contribution is 6.35. The quantitative estimate of drug-likeness (QED) is 0.397. The van der Waals surface area contributed by atoms with E-state index in [2.05, 4.69) is 20.9 Å². The zero-order valence-corrected chi connectivity index (χ0v) is 18.8. The van der Waals surface area contributed by atoms with Gasteiger partial charge in [-0.05, 0) is 54.1 Å². The molecule has 1 aliphatic heterocycles. The van der Waals surface area contributed by atoms with Crippen molar-refractivity contribution in [2.45, 2.75) is 19.5 Å². The predicted molar refractivity (Wildman–Crippen MR) is 129 cm³/mol. The Balaban J connectivity index is 1.27. The second kappa shape index (κ2) is 8.87. The highest BCUT2D eigenvalue weighted by Crippen LogP contribution is 2.27. The second-order valence-corrected chi connectivity index (χ2v) is 8.83. The SMILES string of the molecule is Nc1ccc(-c2ncc3c(n2)CCN(Cc2ccc(-c4cc(Cl)cc(Cl)c4)nc2)C3)cc1. The number of halogens is 2. The first-order valence-corrected chi connectivity index (χ1v) is 11.1. The number of nitrogen functional groups attached to an aromatic ring is 1. The monoisotopic (exact) mass is 461 g/mol. The van der Waals surface area contributed by atoms with Crippen molar-refractivity contribution in [3.63, 3.8) is 0 Å². The number of benzene rings is 2. The second-order valence-electron chi connectivity index (χ2n) is 7.96. The van der Waals surface area contributed by atoms with Crippen molar-refractivity contribution in [1.82, 2.24) is 19.9 Å². The van der Waals surface area contributed by atoms with E-state index >= 15 is 0 Å². The Morgan fingerprint density at radius 1 is 0.875 bits per heavy atom. The van der Waals surface area contributed by atoms with Crippen LogP contribution < -0.4 is 5.73 Å². The fourth-order valence-electron chi connectivity index (χ4n) is 3.93. The zero-order valence-electron chi connectivity index (χ0n) is 17.3. The Morgan fingerprint density at radius 2 is 1.66 bits per heavy atom. The third-order valence-corrected chi connectivity index (χ3v) is 6.01. The van der Waals surface area contributed by atoms with Gasteiger partial charge in [0.15, 0.2) is 5.82 Å². The summed E-state index contributed by atoms with van der Waals surface area (Å²) in [6.07, 6.45) is 4.76. The Kier molecular flexibility index (Phi) is 5.79. The van der Waals surface area contributed by atoms with Crippen LogP contribution in [0.2, 0.25) is 10.0 Å². The smallest absolute Gasteiger partial charge is 0.159 e. The summed E-state index contributed by atoms with van der Waals surface area (Å²) in [6, 6.07) is 17.2. The molecule has 0 amide bonds. The minimum absolute atomic E-state index is 0.604. The number of aromatic nitrogens is 3. The maximum absolute atomic E-state index is 6.12. The average molecular weight is 462 g/mol. The fourth-order valence-corrected chi connectivity index (χ4v) is 4.46. The first kappa shape index (κ1) is 20.9. The van der Waals surface area contributed by atoms with Gasteiger partial charge in [-0.15, -0.1) is 0 Å². The minimum Gasteiger partial charge on any atom is -0.399 e. The van der Waals surface area contributed by atoms with Crippen LogP contribution in [0.4, 0.5) is 5.69 Å². The van der Waals surface area contributed by atoms with Crippen LogP contribution in [0.5, 0.6) is 0 Å². The minimum atomic E-state index is 0.604. The molecule has 2 aromatic heterocycles. The molecule has 0 atom stereocenters. The van der Waals surface area contributed by atoms with E-state index in [9.17, 15) is 0 Å². The molecular weight excluding hydrogens is 441 g/mol. The molecule has 0 aliphatic carbocycles. The van der Waals surface area contributed by atoms with Crippen LogP contribution in [0, 0.1) is 0 Å². The van der Waals surface area contributed by atoms with Crippen molar-refractivity contribution in [2.24, 2.45) is 0 Å². The summed E-state index contributed by atoms with van der Waals surface area (Å²) in [6.45, 7) is 2.59. The van der Waals surface area contributed by atoms with Gasteiger partial charge in [0.2, 0.25) is 0 Å². The molecule has 0 saturated heterocycles. The first-order chi connectivity index (χ1) is 15.5. The molecule has 2 N–H and O–H groups in total. The molecule has 7 heteroatoms. The van der Waals surface area contributed by atoms with E-state index in [-0.39, 0.29) is 0 Å². The van der Waals surface area contributed by atoms with Gasteiger partial charge in [0, 0.05) is 70.9 Å². The predicted octanol–water partition coefficient (Wildman–Crippen LogP) is 5.65. The summed E-state index contributed by atoms with van der Waals surface area (Å²) in [5.41, 5.74) is 12.7. The number of fused-ring (bicyclic) bond motifs is 1. The number of hydrogen-bond acceptors (Lipinski definition) is 5. The van der Waals surface area contributed by atoms with E-state index in [1.54, 1.807) is 6.07 Å². The first-order valence-electron chi connectivity index (χ1n) is 10.4. The van der Waals surface area contributed by atoms with Crippen LogP contribution in [0.15, 0.2) is 67.0 Å². The van der Waals surface area contributed by atoms with E-state index < -0.39 is 0 Å². The zero-order chi connectivity index (χ0) is 22.1. The summed E-state index contributed by atoms with van der Waals surface area (Å²) in [7, 11) is 0. The number of rotatable bonds is 4. The summed E-state index contributed by atoms with van der Waals surface area (Å²) >= 11 is 12.2. The van der Waals surface area contributed by atoms with Gasteiger partial charge in [0.25, 0.3) is 0 Å². The van der Waals surface area contributed by atoms with E-state index in [0.29, 0.717) is 10.0 Å². The molecule has 5 rings (SSSR count). The summed E-state index contributed by atoms with van der Waals surface area (Å²) in [4.78, 5) is 16.4. The van der Waals surface area contributed by atoms with Gasteiger partial charge in [-0.2, -0.15) is 0 Å². The topological polar surface area (TPSA) is 67.9 Å². The molecule has 0 fully saturated rings. The van der Waals surface area contributed by atoms with E-state index in [1.807, 2.05) is 54.9 Å². The Bertz CT molecular complexity index is 1240. The molecule has 2 aromatic carbocycles. The number of nitrogens with two attached hydrogens (primary N) is 1. The number of anilines is 1. The average Bonchev–Trinajstić information content (AvgIpc) is 2.79. The van der Waals surface area contributed by atoms with Crippen molar-refractivity contribution in [2.75, 3.05) is 12.3 Å². The van der Waals surface area contributed by atoms with Crippen LogP contribution >= 0.6 is 23.2 Å². The highest BCUT2D eigenvalue weighted by atomic mass is 35.5.